The van der Waals surface area contributed by atoms with Crippen LogP contribution in [0, 0.1) is 11.3 Å². The van der Waals surface area contributed by atoms with Crippen molar-refractivity contribution < 1.29 is 19.1 Å². The van der Waals surface area contributed by atoms with Crippen molar-refractivity contribution >= 4 is 23.3 Å². The van der Waals surface area contributed by atoms with Crippen molar-refractivity contribution in [1.82, 2.24) is 10.2 Å². The second-order valence-electron chi connectivity index (χ2n) is 9.51. The van der Waals surface area contributed by atoms with Crippen LogP contribution >= 0.6 is 0 Å². The first-order chi connectivity index (χ1) is 16.5. The zero-order valence-electron chi connectivity index (χ0n) is 19.8. The van der Waals surface area contributed by atoms with Crippen LogP contribution in [0.1, 0.15) is 24.8 Å². The molecule has 0 bridgehead atoms. The number of anilines is 2. The topological polar surface area (TPSA) is 83.1 Å². The van der Waals surface area contributed by atoms with E-state index in [1.54, 1.807) is 19.1 Å². The summed E-state index contributed by atoms with van der Waals surface area (Å²) in [5.41, 5.74) is 2.88. The summed E-state index contributed by atoms with van der Waals surface area (Å²) in [5.74, 6) is 1.65. The Morgan fingerprint density at radius 1 is 1.09 bits per heavy atom. The molecule has 2 aliphatic heterocycles. The van der Waals surface area contributed by atoms with Crippen molar-refractivity contribution in [3.8, 4) is 11.5 Å². The minimum Gasteiger partial charge on any atom is -0.493 e. The maximum atomic E-state index is 13.0. The number of amides is 3. The number of benzene rings is 2. The monoisotopic (exact) mass is 464 g/mol. The standard InChI is InChI=1S/C26H32N4O4/c1-33-22-7-6-18(14-23(22)34-2)17-29-11-8-26(9-12-29)16-21(26)24(31)28-19-4-3-5-20(15-19)30-13-10-27-25(30)32/h3-7,14-15,21H,8-13,16-17H2,1-2H3,(H,27,32)(H,28,31). The highest BCUT2D eigenvalue weighted by molar-refractivity contribution is 5.97. The average Bonchev–Trinajstić information content (AvgIpc) is 3.39. The van der Waals surface area contributed by atoms with Crippen LogP contribution in [0.2, 0.25) is 0 Å². The predicted molar refractivity (Wildman–Crippen MR) is 130 cm³/mol. The number of ether oxygens (including phenoxy) is 2. The molecule has 2 heterocycles. The molecular weight excluding hydrogens is 432 g/mol. The van der Waals surface area contributed by atoms with Gasteiger partial charge in [0.1, 0.15) is 0 Å². The van der Waals surface area contributed by atoms with E-state index in [1.165, 1.54) is 5.56 Å². The SMILES string of the molecule is COc1ccc(CN2CCC3(CC2)CC3C(=O)Nc2cccc(N3CCNC3=O)c2)cc1OC. The fourth-order valence-corrected chi connectivity index (χ4v) is 5.36. The number of nitrogens with zero attached hydrogens (tertiary/aromatic N) is 2. The number of hydrogen-bond donors (Lipinski definition) is 2. The van der Waals surface area contributed by atoms with Gasteiger partial charge in [0, 0.05) is 36.9 Å². The highest BCUT2D eigenvalue weighted by atomic mass is 16.5. The Kier molecular flexibility index (Phi) is 6.08. The Balaban J connectivity index is 1.14. The number of carbonyl (C=O) groups is 2. The second kappa shape index (κ2) is 9.18. The molecule has 1 spiro atoms. The average molecular weight is 465 g/mol. The minimum atomic E-state index is -0.0931. The van der Waals surface area contributed by atoms with Crippen molar-refractivity contribution in [2.45, 2.75) is 25.8 Å². The molecule has 2 N–H and O–H groups in total. The van der Waals surface area contributed by atoms with Gasteiger partial charge in [-0.15, -0.1) is 0 Å². The molecule has 180 valence electrons. The Hall–Kier alpha value is -3.26. The summed E-state index contributed by atoms with van der Waals surface area (Å²) >= 11 is 0. The molecule has 1 saturated carbocycles. The molecule has 2 saturated heterocycles. The van der Waals surface area contributed by atoms with Crippen molar-refractivity contribution in [1.29, 1.82) is 0 Å². The summed E-state index contributed by atoms with van der Waals surface area (Å²) in [6, 6.07) is 13.5. The summed E-state index contributed by atoms with van der Waals surface area (Å²) < 4.78 is 10.8. The molecule has 0 aromatic heterocycles. The number of nitrogens with one attached hydrogen (secondary N) is 2. The molecule has 2 aromatic rings. The molecule has 1 atom stereocenters. The van der Waals surface area contributed by atoms with Gasteiger partial charge in [-0.2, -0.15) is 0 Å². The summed E-state index contributed by atoms with van der Waals surface area (Å²) in [7, 11) is 3.30. The lowest BCUT2D eigenvalue weighted by Crippen LogP contribution is -2.35. The van der Waals surface area contributed by atoms with Gasteiger partial charge in [-0.3, -0.25) is 14.6 Å². The van der Waals surface area contributed by atoms with Crippen molar-refractivity contribution in [2.75, 3.05) is 50.6 Å². The maximum Gasteiger partial charge on any atom is 0.321 e. The van der Waals surface area contributed by atoms with E-state index in [0.717, 1.165) is 61.8 Å². The number of urea groups is 1. The molecule has 1 aliphatic carbocycles. The zero-order valence-corrected chi connectivity index (χ0v) is 19.8. The normalized spacial score (nSPS) is 21.3. The zero-order chi connectivity index (χ0) is 23.7. The van der Waals surface area contributed by atoms with Gasteiger partial charge < -0.3 is 20.1 Å². The number of methoxy groups -OCH3 is 2. The van der Waals surface area contributed by atoms with Crippen LogP contribution in [0.4, 0.5) is 16.2 Å². The van der Waals surface area contributed by atoms with Crippen molar-refractivity contribution in [3.05, 3.63) is 48.0 Å². The Bertz CT molecular complexity index is 1080. The number of rotatable bonds is 7. The predicted octanol–water partition coefficient (Wildman–Crippen LogP) is 3.47. The number of carbonyl (C=O) groups excluding carboxylic acids is 2. The molecule has 3 amide bonds. The summed E-state index contributed by atoms with van der Waals surface area (Å²) in [5, 5.41) is 5.90. The first-order valence-electron chi connectivity index (χ1n) is 11.9. The van der Waals surface area contributed by atoms with Gasteiger partial charge in [0.05, 0.1) is 14.2 Å². The fraction of sp³-hybridized carbons (Fsp3) is 0.462. The summed E-state index contributed by atoms with van der Waals surface area (Å²) in [6.07, 6.45) is 3.02. The molecule has 3 aliphatic rings. The summed E-state index contributed by atoms with van der Waals surface area (Å²) in [4.78, 5) is 29.1. The van der Waals surface area contributed by atoms with Crippen molar-refractivity contribution in [3.63, 3.8) is 0 Å². The third-order valence-electron chi connectivity index (χ3n) is 7.49. The molecule has 3 fully saturated rings. The molecule has 8 nitrogen and oxygen atoms in total. The number of likely N-dealkylation sites (tertiary alicyclic amines) is 1. The Labute approximate surface area is 200 Å². The maximum absolute atomic E-state index is 13.0. The van der Waals surface area contributed by atoms with Gasteiger partial charge >= 0.3 is 6.03 Å². The van der Waals surface area contributed by atoms with E-state index in [4.69, 9.17) is 9.47 Å². The van der Waals surface area contributed by atoms with Crippen molar-refractivity contribution in [2.24, 2.45) is 11.3 Å². The quantitative estimate of drug-likeness (QED) is 0.656. The highest BCUT2D eigenvalue weighted by Gasteiger charge is 2.58. The highest BCUT2D eigenvalue weighted by Crippen LogP contribution is 2.59. The van der Waals surface area contributed by atoms with Crippen LogP contribution in [0.15, 0.2) is 42.5 Å². The van der Waals surface area contributed by atoms with E-state index in [1.807, 2.05) is 36.4 Å². The van der Waals surface area contributed by atoms with Gasteiger partial charge in [-0.1, -0.05) is 12.1 Å². The van der Waals surface area contributed by atoms with Crippen LogP contribution in [-0.4, -0.2) is 57.2 Å². The Morgan fingerprint density at radius 2 is 1.88 bits per heavy atom. The molecule has 5 rings (SSSR count). The van der Waals surface area contributed by atoms with Gasteiger partial charge in [0.2, 0.25) is 5.91 Å². The van der Waals surface area contributed by atoms with E-state index in [-0.39, 0.29) is 23.3 Å². The van der Waals surface area contributed by atoms with Crippen LogP contribution in [0.5, 0.6) is 11.5 Å². The van der Waals surface area contributed by atoms with Crippen LogP contribution in [0.3, 0.4) is 0 Å². The first-order valence-corrected chi connectivity index (χ1v) is 11.9. The van der Waals surface area contributed by atoms with Gasteiger partial charge in [0.15, 0.2) is 11.5 Å². The molecular formula is C26H32N4O4. The van der Waals surface area contributed by atoms with E-state index >= 15 is 0 Å². The second-order valence-corrected chi connectivity index (χ2v) is 9.51. The van der Waals surface area contributed by atoms with E-state index in [2.05, 4.69) is 21.6 Å². The van der Waals surface area contributed by atoms with Gasteiger partial charge in [0.25, 0.3) is 0 Å². The smallest absolute Gasteiger partial charge is 0.321 e. The third kappa shape index (κ3) is 4.42. The lowest BCUT2D eigenvalue weighted by Gasteiger charge is -2.33. The van der Waals surface area contributed by atoms with E-state index in [0.29, 0.717) is 13.1 Å². The fourth-order valence-electron chi connectivity index (χ4n) is 5.36. The molecule has 8 heteroatoms. The van der Waals surface area contributed by atoms with Gasteiger partial charge in [-0.25, -0.2) is 4.79 Å². The Morgan fingerprint density at radius 3 is 2.59 bits per heavy atom. The molecule has 2 aromatic carbocycles. The summed E-state index contributed by atoms with van der Waals surface area (Å²) in [6.45, 7) is 4.12. The lowest BCUT2D eigenvalue weighted by atomic mass is 9.90. The molecule has 0 radical (unpaired) electrons. The molecule has 34 heavy (non-hydrogen) atoms. The van der Waals surface area contributed by atoms with Crippen LogP contribution in [0.25, 0.3) is 0 Å². The molecule has 1 unspecified atom stereocenters. The third-order valence-corrected chi connectivity index (χ3v) is 7.49. The van der Waals surface area contributed by atoms with Crippen LogP contribution in [-0.2, 0) is 11.3 Å². The first kappa shape index (κ1) is 22.5. The lowest BCUT2D eigenvalue weighted by molar-refractivity contribution is -0.118. The van der Waals surface area contributed by atoms with Crippen LogP contribution < -0.4 is 25.0 Å². The van der Waals surface area contributed by atoms with E-state index in [9.17, 15) is 9.59 Å². The number of piperidine rings is 1. The largest absolute Gasteiger partial charge is 0.493 e. The number of hydrogen-bond acceptors (Lipinski definition) is 5. The van der Waals surface area contributed by atoms with E-state index < -0.39 is 0 Å². The minimum absolute atomic E-state index is 0.0643. The van der Waals surface area contributed by atoms with Gasteiger partial charge in [-0.05, 0) is 73.7 Å².